The van der Waals surface area contributed by atoms with Gasteiger partial charge in [-0.2, -0.15) is 13.2 Å². The fourth-order valence-corrected chi connectivity index (χ4v) is 1.96. The van der Waals surface area contributed by atoms with Crippen molar-refractivity contribution in [3.8, 4) is 11.5 Å². The van der Waals surface area contributed by atoms with Gasteiger partial charge in [-0.05, 0) is 46.3 Å². The molecule has 2 N–H and O–H groups in total. The highest BCUT2D eigenvalue weighted by atomic mass is 79.9. The summed E-state index contributed by atoms with van der Waals surface area (Å²) in [5, 5.41) is 0. The van der Waals surface area contributed by atoms with Crippen LogP contribution < -0.4 is 10.5 Å². The predicted molar refractivity (Wildman–Crippen MR) is 70.0 cm³/mol. The molecule has 0 fully saturated rings. The van der Waals surface area contributed by atoms with E-state index in [-0.39, 0.29) is 21.7 Å². The van der Waals surface area contributed by atoms with Gasteiger partial charge in [0.25, 0.3) is 0 Å². The fourth-order valence-electron chi connectivity index (χ4n) is 1.53. The molecule has 0 saturated carbocycles. The van der Waals surface area contributed by atoms with Gasteiger partial charge in [-0.25, -0.2) is 4.39 Å². The van der Waals surface area contributed by atoms with Crippen LogP contribution in [0.15, 0.2) is 40.9 Å². The number of benzene rings is 2. The average molecular weight is 350 g/mol. The number of halogens is 5. The van der Waals surface area contributed by atoms with Gasteiger partial charge in [0.1, 0.15) is 17.3 Å². The van der Waals surface area contributed by atoms with Crippen LogP contribution in [0, 0.1) is 5.82 Å². The molecule has 0 amide bonds. The zero-order valence-electron chi connectivity index (χ0n) is 9.84. The number of rotatable bonds is 2. The van der Waals surface area contributed by atoms with Crippen molar-refractivity contribution in [2.75, 3.05) is 5.73 Å². The second kappa shape index (κ2) is 5.32. The Kier molecular flexibility index (Phi) is 3.89. The maximum Gasteiger partial charge on any atom is 0.416 e. The van der Waals surface area contributed by atoms with Crippen molar-refractivity contribution >= 4 is 21.6 Å². The molecule has 0 heterocycles. The minimum absolute atomic E-state index is 0.0759. The average Bonchev–Trinajstić information content (AvgIpc) is 2.31. The minimum atomic E-state index is -4.52. The Balaban J connectivity index is 2.36. The van der Waals surface area contributed by atoms with E-state index in [1.807, 2.05) is 0 Å². The lowest BCUT2D eigenvalue weighted by Crippen LogP contribution is -2.06. The van der Waals surface area contributed by atoms with Gasteiger partial charge in [0.2, 0.25) is 0 Å². The van der Waals surface area contributed by atoms with Crippen LogP contribution in [0.2, 0.25) is 0 Å². The van der Waals surface area contributed by atoms with E-state index in [9.17, 15) is 17.6 Å². The van der Waals surface area contributed by atoms with Gasteiger partial charge >= 0.3 is 6.18 Å². The monoisotopic (exact) mass is 349 g/mol. The Morgan fingerprint density at radius 2 is 1.75 bits per heavy atom. The van der Waals surface area contributed by atoms with Crippen molar-refractivity contribution in [1.29, 1.82) is 0 Å². The van der Waals surface area contributed by atoms with Crippen molar-refractivity contribution in [3.05, 3.63) is 52.3 Å². The summed E-state index contributed by atoms with van der Waals surface area (Å²) < 4.78 is 56.4. The topological polar surface area (TPSA) is 35.2 Å². The Hall–Kier alpha value is -1.76. The van der Waals surface area contributed by atoms with Crippen LogP contribution in [0.25, 0.3) is 0 Å². The normalized spacial score (nSPS) is 11.4. The number of ether oxygens (including phenoxy) is 1. The molecule has 0 bridgehead atoms. The van der Waals surface area contributed by atoms with Crippen molar-refractivity contribution < 1.29 is 22.3 Å². The molecule has 0 aromatic heterocycles. The van der Waals surface area contributed by atoms with Crippen LogP contribution in [0.4, 0.5) is 23.2 Å². The van der Waals surface area contributed by atoms with E-state index in [1.54, 1.807) is 0 Å². The molecule has 106 valence electrons. The summed E-state index contributed by atoms with van der Waals surface area (Å²) in [6.07, 6.45) is -4.52. The second-order valence-electron chi connectivity index (χ2n) is 3.97. The summed E-state index contributed by atoms with van der Waals surface area (Å²) in [6, 6.07) is 6.48. The molecule has 2 rings (SSSR count). The molecule has 0 saturated heterocycles. The van der Waals surface area contributed by atoms with Crippen LogP contribution in [0.1, 0.15) is 5.56 Å². The van der Waals surface area contributed by atoms with E-state index in [4.69, 9.17) is 10.5 Å². The third kappa shape index (κ3) is 3.41. The molecular formula is C13H8BrF4NO. The lowest BCUT2D eigenvalue weighted by atomic mass is 10.2. The lowest BCUT2D eigenvalue weighted by molar-refractivity contribution is -0.137. The van der Waals surface area contributed by atoms with Crippen molar-refractivity contribution in [1.82, 2.24) is 0 Å². The number of nitrogen functional groups attached to an aromatic ring is 1. The Labute approximate surface area is 120 Å². The first kappa shape index (κ1) is 14.6. The summed E-state index contributed by atoms with van der Waals surface area (Å²) in [5.74, 6) is -0.387. The van der Waals surface area contributed by atoms with E-state index in [2.05, 4.69) is 15.9 Å². The molecule has 0 unspecified atom stereocenters. The molecule has 2 aromatic carbocycles. The van der Waals surface area contributed by atoms with Crippen LogP contribution >= 0.6 is 15.9 Å². The lowest BCUT2D eigenvalue weighted by Gasteiger charge is -2.12. The SMILES string of the molecule is Nc1cc(Oc2ccc(F)cc2Br)cc(C(F)(F)F)c1. The van der Waals surface area contributed by atoms with E-state index in [0.717, 1.165) is 24.3 Å². The summed E-state index contributed by atoms with van der Waals surface area (Å²) in [5.41, 5.74) is 4.43. The molecular weight excluding hydrogens is 342 g/mol. The van der Waals surface area contributed by atoms with Crippen LogP contribution in [-0.2, 0) is 6.18 Å². The van der Waals surface area contributed by atoms with Crippen LogP contribution in [-0.4, -0.2) is 0 Å². The molecule has 0 aliphatic rings. The van der Waals surface area contributed by atoms with Gasteiger partial charge in [0, 0.05) is 11.8 Å². The number of hydrogen-bond donors (Lipinski definition) is 1. The summed E-state index contributed by atoms with van der Waals surface area (Å²) in [4.78, 5) is 0. The van der Waals surface area contributed by atoms with E-state index in [0.29, 0.717) is 0 Å². The van der Waals surface area contributed by atoms with E-state index in [1.165, 1.54) is 12.1 Å². The fraction of sp³-hybridized carbons (Fsp3) is 0.0769. The van der Waals surface area contributed by atoms with Gasteiger partial charge in [-0.15, -0.1) is 0 Å². The molecule has 7 heteroatoms. The highest BCUT2D eigenvalue weighted by Crippen LogP contribution is 2.36. The third-order valence-electron chi connectivity index (χ3n) is 2.38. The summed E-state index contributed by atoms with van der Waals surface area (Å²) in [7, 11) is 0. The first-order valence-electron chi connectivity index (χ1n) is 5.36. The first-order valence-corrected chi connectivity index (χ1v) is 6.15. The standard InChI is InChI=1S/C13H8BrF4NO/c14-11-5-8(15)1-2-12(11)20-10-4-7(13(16,17)18)3-9(19)6-10/h1-6H,19H2. The third-order valence-corrected chi connectivity index (χ3v) is 3.00. The number of alkyl halides is 3. The molecule has 0 radical (unpaired) electrons. The summed E-state index contributed by atoms with van der Waals surface area (Å²) >= 11 is 3.06. The van der Waals surface area contributed by atoms with Gasteiger partial charge in [-0.3, -0.25) is 0 Å². The quantitative estimate of drug-likeness (QED) is 0.612. The zero-order valence-corrected chi connectivity index (χ0v) is 11.4. The molecule has 0 aliphatic heterocycles. The molecule has 0 atom stereocenters. The second-order valence-corrected chi connectivity index (χ2v) is 4.82. The highest BCUT2D eigenvalue weighted by Gasteiger charge is 2.31. The molecule has 2 nitrogen and oxygen atoms in total. The van der Waals surface area contributed by atoms with Gasteiger partial charge in [0.05, 0.1) is 10.0 Å². The highest BCUT2D eigenvalue weighted by molar-refractivity contribution is 9.10. The Morgan fingerprint density at radius 3 is 2.35 bits per heavy atom. The smallest absolute Gasteiger partial charge is 0.416 e. The maximum absolute atomic E-state index is 12.9. The van der Waals surface area contributed by atoms with Crippen molar-refractivity contribution in [3.63, 3.8) is 0 Å². The Bertz CT molecular complexity index is 643. The van der Waals surface area contributed by atoms with Gasteiger partial charge < -0.3 is 10.5 Å². The minimum Gasteiger partial charge on any atom is -0.456 e. The molecule has 20 heavy (non-hydrogen) atoms. The summed E-state index contributed by atoms with van der Waals surface area (Å²) in [6.45, 7) is 0. The van der Waals surface area contributed by atoms with E-state index >= 15 is 0 Å². The number of hydrogen-bond acceptors (Lipinski definition) is 2. The van der Waals surface area contributed by atoms with Gasteiger partial charge in [0.15, 0.2) is 0 Å². The van der Waals surface area contributed by atoms with Crippen molar-refractivity contribution in [2.45, 2.75) is 6.18 Å². The zero-order chi connectivity index (χ0) is 14.9. The molecule has 2 aromatic rings. The number of anilines is 1. The molecule has 0 spiro atoms. The molecule has 0 aliphatic carbocycles. The van der Waals surface area contributed by atoms with Gasteiger partial charge in [-0.1, -0.05) is 0 Å². The largest absolute Gasteiger partial charge is 0.456 e. The maximum atomic E-state index is 12.9. The predicted octanol–water partition coefficient (Wildman–Crippen LogP) is 4.98. The van der Waals surface area contributed by atoms with E-state index < -0.39 is 17.6 Å². The van der Waals surface area contributed by atoms with Crippen molar-refractivity contribution in [2.24, 2.45) is 0 Å². The number of nitrogens with two attached hydrogens (primary N) is 1. The van der Waals surface area contributed by atoms with Crippen LogP contribution in [0.5, 0.6) is 11.5 Å². The first-order chi connectivity index (χ1) is 9.25. The van der Waals surface area contributed by atoms with Crippen LogP contribution in [0.3, 0.4) is 0 Å². The Morgan fingerprint density at radius 1 is 1.05 bits per heavy atom.